The van der Waals surface area contributed by atoms with Crippen molar-refractivity contribution in [2.75, 3.05) is 5.73 Å². The van der Waals surface area contributed by atoms with Crippen LogP contribution in [0.1, 0.15) is 43.1 Å². The smallest absolute Gasteiger partial charge is 0.164 e. The topological polar surface area (TPSA) is 86.7 Å². The Balaban J connectivity index is 1.65. The standard InChI is InChI=1S/C22H21ClFN5OS/c1-22(2,3)29-21-18(20(25)26-11-27-21)19(28-29)17-9-12(10-31-17)16(30)8-7-13-14(23)5-4-6-15(13)24/h4-6,9-11H,7-8H2,1-3H3,(H2,25,26,27). The molecule has 0 saturated heterocycles. The van der Waals surface area contributed by atoms with Gasteiger partial charge >= 0.3 is 0 Å². The summed E-state index contributed by atoms with van der Waals surface area (Å²) in [4.78, 5) is 22.0. The van der Waals surface area contributed by atoms with Crippen LogP contribution in [0, 0.1) is 5.82 Å². The molecule has 31 heavy (non-hydrogen) atoms. The zero-order valence-electron chi connectivity index (χ0n) is 17.3. The van der Waals surface area contributed by atoms with Crippen LogP contribution in [0.25, 0.3) is 21.6 Å². The highest BCUT2D eigenvalue weighted by Crippen LogP contribution is 2.36. The minimum absolute atomic E-state index is 0.0920. The van der Waals surface area contributed by atoms with Gasteiger partial charge in [0.15, 0.2) is 11.4 Å². The van der Waals surface area contributed by atoms with E-state index in [2.05, 4.69) is 9.97 Å². The number of nitrogen functional groups attached to an aromatic ring is 1. The van der Waals surface area contributed by atoms with Crippen molar-refractivity contribution in [1.29, 1.82) is 0 Å². The van der Waals surface area contributed by atoms with Crippen LogP contribution < -0.4 is 5.73 Å². The number of fused-ring (bicyclic) bond motifs is 1. The second-order valence-electron chi connectivity index (χ2n) is 8.21. The highest BCUT2D eigenvalue weighted by atomic mass is 35.5. The first-order valence-corrected chi connectivity index (χ1v) is 11.0. The molecule has 1 aromatic carbocycles. The molecule has 4 aromatic rings. The van der Waals surface area contributed by atoms with Crippen LogP contribution in [-0.2, 0) is 12.0 Å². The van der Waals surface area contributed by atoms with Gasteiger partial charge in [0.25, 0.3) is 0 Å². The zero-order valence-corrected chi connectivity index (χ0v) is 18.9. The zero-order chi connectivity index (χ0) is 22.3. The van der Waals surface area contributed by atoms with E-state index in [0.29, 0.717) is 38.7 Å². The van der Waals surface area contributed by atoms with E-state index in [4.69, 9.17) is 22.4 Å². The highest BCUT2D eigenvalue weighted by molar-refractivity contribution is 7.14. The molecule has 0 aliphatic carbocycles. The van der Waals surface area contributed by atoms with Gasteiger partial charge in [-0.15, -0.1) is 11.3 Å². The summed E-state index contributed by atoms with van der Waals surface area (Å²) in [5.74, 6) is -0.155. The normalized spacial score (nSPS) is 11.9. The minimum atomic E-state index is -0.402. The van der Waals surface area contributed by atoms with Crippen molar-refractivity contribution in [2.45, 2.75) is 39.2 Å². The summed E-state index contributed by atoms with van der Waals surface area (Å²) in [6.45, 7) is 6.08. The molecule has 0 spiro atoms. The Morgan fingerprint density at radius 3 is 2.77 bits per heavy atom. The lowest BCUT2D eigenvalue weighted by Gasteiger charge is -2.19. The summed E-state index contributed by atoms with van der Waals surface area (Å²) in [6.07, 6.45) is 1.81. The fourth-order valence-corrected chi connectivity index (χ4v) is 4.54. The molecule has 0 atom stereocenters. The third kappa shape index (κ3) is 4.05. The number of thiophene rings is 1. The number of hydrogen-bond donors (Lipinski definition) is 1. The molecule has 2 N–H and O–H groups in total. The molecule has 3 heterocycles. The van der Waals surface area contributed by atoms with E-state index in [1.807, 2.05) is 25.5 Å². The van der Waals surface area contributed by atoms with E-state index in [-0.39, 0.29) is 24.2 Å². The van der Waals surface area contributed by atoms with Crippen LogP contribution in [0.3, 0.4) is 0 Å². The van der Waals surface area contributed by atoms with Gasteiger partial charge in [0, 0.05) is 28.0 Å². The van der Waals surface area contributed by atoms with Crippen LogP contribution in [0.15, 0.2) is 36.0 Å². The predicted molar refractivity (Wildman–Crippen MR) is 122 cm³/mol. The van der Waals surface area contributed by atoms with Crippen molar-refractivity contribution in [3.63, 3.8) is 0 Å². The van der Waals surface area contributed by atoms with Gasteiger partial charge in [-0.1, -0.05) is 17.7 Å². The second kappa shape index (κ2) is 8.01. The summed E-state index contributed by atoms with van der Waals surface area (Å²) in [6, 6.07) is 6.30. The van der Waals surface area contributed by atoms with Crippen molar-refractivity contribution >= 4 is 45.6 Å². The van der Waals surface area contributed by atoms with Gasteiger partial charge in [0.2, 0.25) is 0 Å². The fourth-order valence-electron chi connectivity index (χ4n) is 3.38. The van der Waals surface area contributed by atoms with Gasteiger partial charge in [0.05, 0.1) is 15.8 Å². The van der Waals surface area contributed by atoms with Crippen molar-refractivity contribution in [2.24, 2.45) is 0 Å². The van der Waals surface area contributed by atoms with Crippen LogP contribution in [-0.4, -0.2) is 25.5 Å². The summed E-state index contributed by atoms with van der Waals surface area (Å²) in [7, 11) is 0. The Bertz CT molecular complexity index is 1270. The van der Waals surface area contributed by atoms with Gasteiger partial charge < -0.3 is 5.73 Å². The van der Waals surface area contributed by atoms with Crippen molar-refractivity contribution in [3.8, 4) is 10.6 Å². The van der Waals surface area contributed by atoms with E-state index in [1.165, 1.54) is 23.7 Å². The molecule has 0 aliphatic rings. The van der Waals surface area contributed by atoms with Crippen LogP contribution in [0.5, 0.6) is 0 Å². The first kappa shape index (κ1) is 21.4. The van der Waals surface area contributed by atoms with E-state index in [1.54, 1.807) is 23.6 Å². The number of nitrogens with zero attached hydrogens (tertiary/aromatic N) is 4. The quantitative estimate of drug-likeness (QED) is 0.400. The van der Waals surface area contributed by atoms with Gasteiger partial charge in [0.1, 0.15) is 23.7 Å². The first-order valence-electron chi connectivity index (χ1n) is 9.71. The Hall–Kier alpha value is -2.84. The summed E-state index contributed by atoms with van der Waals surface area (Å²) in [5, 5.41) is 7.52. The maximum atomic E-state index is 14.0. The number of aromatic nitrogens is 4. The Morgan fingerprint density at radius 2 is 2.06 bits per heavy atom. The Morgan fingerprint density at radius 1 is 1.29 bits per heavy atom. The first-order chi connectivity index (χ1) is 14.7. The number of carbonyl (C=O) groups excluding carboxylic acids is 1. The Labute approximate surface area is 187 Å². The number of ketones is 1. The average molecular weight is 458 g/mol. The van der Waals surface area contributed by atoms with E-state index in [0.717, 1.165) is 4.88 Å². The van der Waals surface area contributed by atoms with Gasteiger partial charge in [-0.2, -0.15) is 5.10 Å². The van der Waals surface area contributed by atoms with Crippen LogP contribution in [0.4, 0.5) is 10.2 Å². The van der Waals surface area contributed by atoms with E-state index < -0.39 is 5.82 Å². The molecule has 160 valence electrons. The second-order valence-corrected chi connectivity index (χ2v) is 9.53. The molecule has 4 rings (SSSR count). The lowest BCUT2D eigenvalue weighted by atomic mass is 10.0. The summed E-state index contributed by atoms with van der Waals surface area (Å²) in [5.41, 5.74) is 8.01. The number of benzene rings is 1. The highest BCUT2D eigenvalue weighted by Gasteiger charge is 2.25. The maximum Gasteiger partial charge on any atom is 0.164 e. The molecule has 0 fully saturated rings. The van der Waals surface area contributed by atoms with E-state index >= 15 is 0 Å². The fraction of sp³-hybridized carbons (Fsp3) is 0.273. The average Bonchev–Trinajstić information content (AvgIpc) is 3.32. The van der Waals surface area contributed by atoms with Gasteiger partial charge in [-0.25, -0.2) is 19.0 Å². The van der Waals surface area contributed by atoms with Crippen molar-refractivity contribution in [1.82, 2.24) is 19.7 Å². The van der Waals surface area contributed by atoms with Gasteiger partial charge in [-0.3, -0.25) is 4.79 Å². The third-order valence-electron chi connectivity index (χ3n) is 4.95. The summed E-state index contributed by atoms with van der Waals surface area (Å²) < 4.78 is 15.8. The molecule has 0 aliphatic heterocycles. The van der Waals surface area contributed by atoms with Gasteiger partial charge in [-0.05, 0) is 45.4 Å². The number of Topliss-reactive ketones (excluding diaryl/α,β-unsaturated/α-hetero) is 1. The molecule has 0 amide bonds. The molecule has 3 aromatic heterocycles. The molecule has 0 bridgehead atoms. The number of nitrogens with two attached hydrogens (primary N) is 1. The van der Waals surface area contributed by atoms with Crippen molar-refractivity contribution < 1.29 is 9.18 Å². The van der Waals surface area contributed by atoms with Crippen LogP contribution in [0.2, 0.25) is 5.02 Å². The number of hydrogen-bond acceptors (Lipinski definition) is 6. The van der Waals surface area contributed by atoms with Crippen LogP contribution >= 0.6 is 22.9 Å². The largest absolute Gasteiger partial charge is 0.383 e. The molecule has 6 nitrogen and oxygen atoms in total. The lowest BCUT2D eigenvalue weighted by molar-refractivity contribution is 0.0983. The summed E-state index contributed by atoms with van der Waals surface area (Å²) >= 11 is 7.47. The molecular formula is C22H21ClFN5OS. The molecule has 0 radical (unpaired) electrons. The monoisotopic (exact) mass is 457 g/mol. The molecular weight excluding hydrogens is 437 g/mol. The van der Waals surface area contributed by atoms with E-state index in [9.17, 15) is 9.18 Å². The predicted octanol–water partition coefficient (Wildman–Crippen LogP) is 5.50. The third-order valence-corrected chi connectivity index (χ3v) is 6.24. The number of rotatable bonds is 5. The molecule has 0 unspecified atom stereocenters. The number of halogens is 2. The Kier molecular flexibility index (Phi) is 5.53. The number of carbonyl (C=O) groups is 1. The minimum Gasteiger partial charge on any atom is -0.383 e. The SMILES string of the molecule is CC(C)(C)n1nc(-c2cc(C(=O)CCc3c(F)cccc3Cl)cs2)c2c(N)ncnc21. The molecule has 0 saturated carbocycles. The molecule has 9 heteroatoms. The number of anilines is 1. The lowest BCUT2D eigenvalue weighted by Crippen LogP contribution is -2.23. The van der Waals surface area contributed by atoms with Crippen molar-refractivity contribution in [3.05, 3.63) is 57.9 Å². The maximum absolute atomic E-state index is 14.0.